The first-order valence-electron chi connectivity index (χ1n) is 5.82. The lowest BCUT2D eigenvalue weighted by molar-refractivity contribution is -0.138. The van der Waals surface area contributed by atoms with Crippen LogP contribution in [0.2, 0.25) is 10.0 Å². The number of alkyl halides is 3. The Morgan fingerprint density at radius 3 is 2.26 bits per heavy atom. The van der Waals surface area contributed by atoms with E-state index in [2.05, 4.69) is 14.8 Å². The van der Waals surface area contributed by atoms with Crippen LogP contribution in [0.1, 0.15) is 5.56 Å². The molecule has 5 nitrogen and oxygen atoms in total. The van der Waals surface area contributed by atoms with Crippen LogP contribution in [0, 0.1) is 0 Å². The molecule has 126 valence electrons. The lowest BCUT2D eigenvalue weighted by Gasteiger charge is -2.16. The van der Waals surface area contributed by atoms with Gasteiger partial charge in [0, 0.05) is 0 Å². The highest BCUT2D eigenvalue weighted by molar-refractivity contribution is 6.39. The van der Waals surface area contributed by atoms with Crippen molar-refractivity contribution < 1.29 is 32.2 Å². The third kappa shape index (κ3) is 4.77. The van der Waals surface area contributed by atoms with Gasteiger partial charge < -0.3 is 14.8 Å². The molecule has 10 heteroatoms. The summed E-state index contributed by atoms with van der Waals surface area (Å²) in [6, 6.07) is 1.64. The minimum absolute atomic E-state index is 0.192. The van der Waals surface area contributed by atoms with E-state index in [0.29, 0.717) is 12.1 Å². The second-order valence-electron chi connectivity index (χ2n) is 3.98. The molecule has 0 fully saturated rings. The van der Waals surface area contributed by atoms with Crippen molar-refractivity contribution in [3.8, 4) is 0 Å². The SMILES string of the molecule is COC(=O)/C=C(/Nc1c(Cl)ccc(C(F)(F)F)c1Cl)C(=O)OC. The molecular weight excluding hydrogens is 362 g/mol. The predicted molar refractivity (Wildman–Crippen MR) is 77.2 cm³/mol. The molecule has 1 aromatic carbocycles. The standard InChI is InChI=1S/C13H10Cl2F3NO4/c1-22-9(20)5-8(12(21)23-2)19-11-7(14)4-3-6(10(11)15)13(16,17)18/h3-5,19H,1-2H3/b8-5+. The molecule has 1 rings (SSSR count). The van der Waals surface area contributed by atoms with Gasteiger partial charge in [-0.05, 0) is 12.1 Å². The molecule has 0 aromatic heterocycles. The van der Waals surface area contributed by atoms with Gasteiger partial charge in [0.25, 0.3) is 0 Å². The van der Waals surface area contributed by atoms with Crippen molar-refractivity contribution in [2.45, 2.75) is 6.18 Å². The quantitative estimate of drug-likeness (QED) is 0.646. The normalized spacial score (nSPS) is 11.9. The van der Waals surface area contributed by atoms with Gasteiger partial charge in [0.1, 0.15) is 5.70 Å². The molecule has 0 spiro atoms. The summed E-state index contributed by atoms with van der Waals surface area (Å²) in [5, 5.41) is 1.31. The zero-order valence-corrected chi connectivity index (χ0v) is 13.3. The van der Waals surface area contributed by atoms with Gasteiger partial charge in [0.15, 0.2) is 0 Å². The summed E-state index contributed by atoms with van der Waals surface area (Å²) in [6.45, 7) is 0. The van der Waals surface area contributed by atoms with Crippen molar-refractivity contribution in [3.05, 3.63) is 39.5 Å². The number of halogens is 5. The van der Waals surface area contributed by atoms with E-state index in [9.17, 15) is 22.8 Å². The summed E-state index contributed by atoms with van der Waals surface area (Å²) in [5.41, 5.74) is -2.06. The topological polar surface area (TPSA) is 64.6 Å². The number of carbonyl (C=O) groups is 2. The van der Waals surface area contributed by atoms with Crippen LogP contribution in [0.25, 0.3) is 0 Å². The summed E-state index contributed by atoms with van der Waals surface area (Å²) < 4.78 is 47.3. The summed E-state index contributed by atoms with van der Waals surface area (Å²) in [5.74, 6) is -1.96. The molecule has 0 amide bonds. The van der Waals surface area contributed by atoms with Crippen LogP contribution < -0.4 is 5.32 Å². The summed E-state index contributed by atoms with van der Waals surface area (Å²) in [4.78, 5) is 22.8. The fourth-order valence-corrected chi connectivity index (χ4v) is 2.03. The minimum Gasteiger partial charge on any atom is -0.466 e. The Morgan fingerprint density at radius 1 is 1.17 bits per heavy atom. The first-order chi connectivity index (χ1) is 10.6. The van der Waals surface area contributed by atoms with Gasteiger partial charge in [-0.15, -0.1) is 0 Å². The van der Waals surface area contributed by atoms with Gasteiger partial charge >= 0.3 is 18.1 Å². The molecule has 0 saturated carbocycles. The highest BCUT2D eigenvalue weighted by atomic mass is 35.5. The lowest BCUT2D eigenvalue weighted by Crippen LogP contribution is -2.17. The molecule has 0 unspecified atom stereocenters. The number of methoxy groups -OCH3 is 2. The molecule has 0 aliphatic rings. The Hall–Kier alpha value is -1.93. The number of hydrogen-bond acceptors (Lipinski definition) is 5. The number of carbonyl (C=O) groups excluding carboxylic acids is 2. The van der Waals surface area contributed by atoms with Crippen molar-refractivity contribution in [1.29, 1.82) is 0 Å². The van der Waals surface area contributed by atoms with Gasteiger partial charge in [-0.2, -0.15) is 13.2 Å². The lowest BCUT2D eigenvalue weighted by atomic mass is 10.2. The van der Waals surface area contributed by atoms with Crippen LogP contribution in [0.15, 0.2) is 23.9 Å². The number of anilines is 1. The van der Waals surface area contributed by atoms with Gasteiger partial charge in [-0.3, -0.25) is 0 Å². The van der Waals surface area contributed by atoms with E-state index < -0.39 is 40.1 Å². The molecule has 0 saturated heterocycles. The van der Waals surface area contributed by atoms with Crippen LogP contribution in [0.5, 0.6) is 0 Å². The number of hydrogen-bond donors (Lipinski definition) is 1. The number of esters is 2. The first kappa shape index (κ1) is 19.1. The van der Waals surface area contributed by atoms with Crippen molar-refractivity contribution in [2.75, 3.05) is 19.5 Å². The third-order valence-corrected chi connectivity index (χ3v) is 3.23. The second-order valence-corrected chi connectivity index (χ2v) is 4.76. The number of ether oxygens (including phenoxy) is 2. The Labute approximate surface area is 138 Å². The fourth-order valence-electron chi connectivity index (χ4n) is 1.45. The molecule has 1 N–H and O–H groups in total. The van der Waals surface area contributed by atoms with Gasteiger partial charge in [0.2, 0.25) is 0 Å². The number of benzene rings is 1. The molecule has 23 heavy (non-hydrogen) atoms. The molecular formula is C13H10Cl2F3NO4. The Kier molecular flexibility index (Phi) is 6.28. The summed E-state index contributed by atoms with van der Waals surface area (Å²) >= 11 is 11.5. The maximum atomic E-state index is 12.9. The fraction of sp³-hybridized carbons (Fsp3) is 0.231. The van der Waals surface area contributed by atoms with Crippen molar-refractivity contribution in [1.82, 2.24) is 0 Å². The zero-order chi connectivity index (χ0) is 17.8. The predicted octanol–water partition coefficient (Wildman–Crippen LogP) is 3.65. The van der Waals surface area contributed by atoms with Gasteiger partial charge in [0.05, 0.1) is 41.6 Å². The van der Waals surface area contributed by atoms with E-state index >= 15 is 0 Å². The van der Waals surface area contributed by atoms with Crippen molar-refractivity contribution >= 4 is 40.8 Å². The number of nitrogens with one attached hydrogen (secondary N) is 1. The van der Waals surface area contributed by atoms with Gasteiger partial charge in [-0.25, -0.2) is 9.59 Å². The maximum absolute atomic E-state index is 12.9. The van der Waals surface area contributed by atoms with E-state index in [-0.39, 0.29) is 5.02 Å². The highest BCUT2D eigenvalue weighted by Gasteiger charge is 2.35. The smallest absolute Gasteiger partial charge is 0.417 e. The molecule has 0 bridgehead atoms. The van der Waals surface area contributed by atoms with E-state index in [4.69, 9.17) is 23.2 Å². The van der Waals surface area contributed by atoms with Crippen LogP contribution >= 0.6 is 23.2 Å². The third-order valence-electron chi connectivity index (χ3n) is 2.52. The van der Waals surface area contributed by atoms with Crippen molar-refractivity contribution in [3.63, 3.8) is 0 Å². The summed E-state index contributed by atoms with van der Waals surface area (Å²) in [7, 11) is 2.07. The first-order valence-corrected chi connectivity index (χ1v) is 6.57. The van der Waals surface area contributed by atoms with Crippen LogP contribution in [0.3, 0.4) is 0 Å². The number of rotatable bonds is 4. The Morgan fingerprint density at radius 2 is 1.78 bits per heavy atom. The largest absolute Gasteiger partial charge is 0.466 e. The molecule has 0 radical (unpaired) electrons. The zero-order valence-electron chi connectivity index (χ0n) is 11.8. The van der Waals surface area contributed by atoms with E-state index in [0.717, 1.165) is 20.3 Å². The average Bonchev–Trinajstić information content (AvgIpc) is 2.47. The Bertz CT molecular complexity index is 659. The van der Waals surface area contributed by atoms with E-state index in [1.165, 1.54) is 0 Å². The van der Waals surface area contributed by atoms with E-state index in [1.54, 1.807) is 0 Å². The molecule has 0 aliphatic heterocycles. The molecule has 0 aliphatic carbocycles. The van der Waals surface area contributed by atoms with E-state index in [1.807, 2.05) is 0 Å². The average molecular weight is 372 g/mol. The Balaban J connectivity index is 3.37. The van der Waals surface area contributed by atoms with Crippen LogP contribution in [-0.2, 0) is 25.2 Å². The monoisotopic (exact) mass is 371 g/mol. The second kappa shape index (κ2) is 7.56. The van der Waals surface area contributed by atoms with Crippen LogP contribution in [0.4, 0.5) is 18.9 Å². The molecule has 0 atom stereocenters. The summed E-state index contributed by atoms with van der Waals surface area (Å²) in [6.07, 6.45) is -4.03. The highest BCUT2D eigenvalue weighted by Crippen LogP contribution is 2.41. The maximum Gasteiger partial charge on any atom is 0.417 e. The minimum atomic E-state index is -4.73. The van der Waals surface area contributed by atoms with Crippen molar-refractivity contribution in [2.24, 2.45) is 0 Å². The van der Waals surface area contributed by atoms with Crippen LogP contribution in [-0.4, -0.2) is 26.2 Å². The molecule has 0 heterocycles. The van der Waals surface area contributed by atoms with Gasteiger partial charge in [-0.1, -0.05) is 23.2 Å². The molecule has 1 aromatic rings.